The monoisotopic (exact) mass is 340 g/mol. The molecule has 3 rings (SSSR count). The Balaban J connectivity index is 2.17. The predicted molar refractivity (Wildman–Crippen MR) is 85.3 cm³/mol. The van der Waals surface area contributed by atoms with Gasteiger partial charge in [0.25, 0.3) is 10.0 Å². The summed E-state index contributed by atoms with van der Waals surface area (Å²) in [5, 5.41) is 0.975. The fraction of sp³-hybridized carbons (Fsp3) is 0. The van der Waals surface area contributed by atoms with Crippen LogP contribution in [-0.2, 0) is 10.0 Å². The van der Waals surface area contributed by atoms with Crippen LogP contribution in [0.5, 0.6) is 0 Å². The van der Waals surface area contributed by atoms with Crippen LogP contribution in [0.3, 0.4) is 0 Å². The molecule has 1 N–H and O–H groups in total. The van der Waals surface area contributed by atoms with Crippen molar-refractivity contribution in [3.63, 3.8) is 0 Å². The Morgan fingerprint density at radius 2 is 1.71 bits per heavy atom. The van der Waals surface area contributed by atoms with Gasteiger partial charge in [0.1, 0.15) is 0 Å². The van der Waals surface area contributed by atoms with Crippen LogP contribution in [0.4, 0.5) is 5.69 Å². The average Bonchev–Trinajstić information content (AvgIpc) is 2.89. The summed E-state index contributed by atoms with van der Waals surface area (Å²) in [6, 6.07) is 13.1. The number of sulfonamides is 1. The highest BCUT2D eigenvalue weighted by Crippen LogP contribution is 2.36. The number of nitrogens with zero attached hydrogens (tertiary/aromatic N) is 1. The standard InChI is InChI=1S/C14H10Cl2N2O2S/c15-11-9-17-12-7-4-8-13(14(11)12)18(16)21(19,20)10-5-2-1-3-6-10/h1-9,17H. The molecule has 2 aromatic carbocycles. The summed E-state index contributed by atoms with van der Waals surface area (Å²) in [7, 11) is -3.85. The third-order valence-corrected chi connectivity index (χ3v) is 5.59. The minimum Gasteiger partial charge on any atom is -0.360 e. The lowest BCUT2D eigenvalue weighted by atomic mass is 10.2. The molecule has 0 bridgehead atoms. The van der Waals surface area contributed by atoms with Gasteiger partial charge in [-0.3, -0.25) is 0 Å². The maximum absolute atomic E-state index is 12.6. The SMILES string of the molecule is O=S(=O)(c1ccccc1)N(Cl)c1cccc2[nH]cc(Cl)c12. The van der Waals surface area contributed by atoms with Gasteiger partial charge in [0.05, 0.1) is 15.6 Å². The van der Waals surface area contributed by atoms with E-state index in [4.69, 9.17) is 23.4 Å². The van der Waals surface area contributed by atoms with Gasteiger partial charge in [-0.05, 0) is 24.3 Å². The molecule has 108 valence electrons. The molecule has 7 heteroatoms. The van der Waals surface area contributed by atoms with Crippen molar-refractivity contribution in [2.75, 3.05) is 3.82 Å². The zero-order valence-corrected chi connectivity index (χ0v) is 13.0. The summed E-state index contributed by atoms with van der Waals surface area (Å²) >= 11 is 12.2. The number of rotatable bonds is 3. The van der Waals surface area contributed by atoms with Gasteiger partial charge >= 0.3 is 0 Å². The van der Waals surface area contributed by atoms with Crippen LogP contribution in [-0.4, -0.2) is 13.4 Å². The van der Waals surface area contributed by atoms with Gasteiger partial charge in [0, 0.05) is 28.9 Å². The molecule has 0 amide bonds. The summed E-state index contributed by atoms with van der Waals surface area (Å²) in [5.74, 6) is 0. The Bertz CT molecular complexity index is 892. The van der Waals surface area contributed by atoms with E-state index in [2.05, 4.69) is 4.98 Å². The molecular formula is C14H10Cl2N2O2S. The van der Waals surface area contributed by atoms with Gasteiger partial charge in [-0.1, -0.05) is 35.9 Å². The molecule has 0 fully saturated rings. The van der Waals surface area contributed by atoms with Crippen LogP contribution in [0.25, 0.3) is 10.9 Å². The number of halogens is 2. The van der Waals surface area contributed by atoms with Crippen LogP contribution in [0, 0.1) is 0 Å². The number of aromatic nitrogens is 1. The summed E-state index contributed by atoms with van der Waals surface area (Å²) in [6.45, 7) is 0. The molecule has 1 heterocycles. The molecule has 3 aromatic rings. The largest absolute Gasteiger partial charge is 0.360 e. The molecule has 4 nitrogen and oxygen atoms in total. The van der Waals surface area contributed by atoms with Crippen molar-refractivity contribution in [3.8, 4) is 0 Å². The normalized spacial score (nSPS) is 11.7. The van der Waals surface area contributed by atoms with Crippen molar-refractivity contribution in [2.45, 2.75) is 4.90 Å². The zero-order valence-electron chi connectivity index (χ0n) is 10.6. The van der Waals surface area contributed by atoms with E-state index in [1.54, 1.807) is 42.6 Å². The van der Waals surface area contributed by atoms with Crippen molar-refractivity contribution >= 4 is 50.0 Å². The number of fused-ring (bicyclic) bond motifs is 1. The molecule has 1 aromatic heterocycles. The number of hydrogen-bond donors (Lipinski definition) is 1. The summed E-state index contributed by atoms with van der Waals surface area (Å²) in [6.07, 6.45) is 1.59. The zero-order chi connectivity index (χ0) is 15.0. The number of hydrogen-bond acceptors (Lipinski definition) is 2. The second-order valence-corrected chi connectivity index (χ2v) is 7.10. The lowest BCUT2D eigenvalue weighted by molar-refractivity contribution is 0.598. The van der Waals surface area contributed by atoms with E-state index >= 15 is 0 Å². The Morgan fingerprint density at radius 3 is 2.43 bits per heavy atom. The van der Waals surface area contributed by atoms with E-state index in [0.29, 0.717) is 21.6 Å². The molecule has 0 saturated carbocycles. The highest BCUT2D eigenvalue weighted by atomic mass is 35.5. The molecular weight excluding hydrogens is 331 g/mol. The third kappa shape index (κ3) is 2.37. The second kappa shape index (κ2) is 5.26. The third-order valence-electron chi connectivity index (χ3n) is 3.08. The number of H-pyrrole nitrogens is 1. The fourth-order valence-electron chi connectivity index (χ4n) is 2.09. The minimum atomic E-state index is -3.85. The van der Waals surface area contributed by atoms with Crippen molar-refractivity contribution in [1.82, 2.24) is 4.98 Å². The van der Waals surface area contributed by atoms with Gasteiger partial charge in [-0.25, -0.2) is 0 Å². The van der Waals surface area contributed by atoms with Crippen molar-refractivity contribution in [3.05, 3.63) is 59.8 Å². The Morgan fingerprint density at radius 1 is 1.00 bits per heavy atom. The van der Waals surface area contributed by atoms with Crippen molar-refractivity contribution < 1.29 is 8.42 Å². The summed E-state index contributed by atoms with van der Waals surface area (Å²) < 4.78 is 25.8. The lowest BCUT2D eigenvalue weighted by Gasteiger charge is -2.17. The first-order valence-electron chi connectivity index (χ1n) is 6.03. The summed E-state index contributed by atoms with van der Waals surface area (Å²) in [5.41, 5.74) is 1.02. The van der Waals surface area contributed by atoms with Gasteiger partial charge in [0.2, 0.25) is 0 Å². The van der Waals surface area contributed by atoms with Crippen molar-refractivity contribution in [2.24, 2.45) is 0 Å². The van der Waals surface area contributed by atoms with E-state index in [9.17, 15) is 8.42 Å². The number of benzene rings is 2. The topological polar surface area (TPSA) is 53.2 Å². The van der Waals surface area contributed by atoms with Crippen LogP contribution in [0.1, 0.15) is 0 Å². The van der Waals surface area contributed by atoms with Crippen LogP contribution >= 0.6 is 23.4 Å². The minimum absolute atomic E-state index is 0.115. The Labute approximate surface area is 132 Å². The van der Waals surface area contributed by atoms with Gasteiger partial charge in [0.15, 0.2) is 0 Å². The lowest BCUT2D eigenvalue weighted by Crippen LogP contribution is -2.21. The maximum Gasteiger partial charge on any atom is 0.278 e. The van der Waals surface area contributed by atoms with E-state index < -0.39 is 10.0 Å². The molecule has 0 unspecified atom stereocenters. The molecule has 0 saturated heterocycles. The summed E-state index contributed by atoms with van der Waals surface area (Å²) in [4.78, 5) is 3.08. The van der Waals surface area contributed by atoms with E-state index in [-0.39, 0.29) is 4.90 Å². The Kier molecular flexibility index (Phi) is 3.57. The molecule has 0 atom stereocenters. The molecule has 0 radical (unpaired) electrons. The predicted octanol–water partition coefficient (Wildman–Crippen LogP) is 4.17. The van der Waals surface area contributed by atoms with Gasteiger partial charge in [-0.2, -0.15) is 12.2 Å². The van der Waals surface area contributed by atoms with Crippen LogP contribution in [0.15, 0.2) is 59.6 Å². The molecule has 0 aliphatic carbocycles. The van der Waals surface area contributed by atoms with Gasteiger partial charge < -0.3 is 4.98 Å². The molecule has 0 spiro atoms. The maximum atomic E-state index is 12.6. The average molecular weight is 341 g/mol. The quantitative estimate of drug-likeness (QED) is 0.727. The van der Waals surface area contributed by atoms with Crippen molar-refractivity contribution in [1.29, 1.82) is 0 Å². The van der Waals surface area contributed by atoms with E-state index in [0.717, 1.165) is 3.82 Å². The first-order chi connectivity index (χ1) is 10.0. The fourth-order valence-corrected chi connectivity index (χ4v) is 3.82. The second-order valence-electron chi connectivity index (χ2n) is 4.37. The highest BCUT2D eigenvalue weighted by Gasteiger charge is 2.25. The number of anilines is 1. The molecule has 0 aliphatic heterocycles. The van der Waals surface area contributed by atoms with Gasteiger partial charge in [-0.15, -0.1) is 0 Å². The Hall–Kier alpha value is -1.69. The number of nitrogens with one attached hydrogen (secondary N) is 1. The number of aromatic amines is 1. The molecule has 0 aliphatic rings. The van der Waals surface area contributed by atoms with E-state index in [1.807, 2.05) is 0 Å². The first-order valence-corrected chi connectivity index (χ1v) is 8.19. The first kappa shape index (κ1) is 14.3. The smallest absolute Gasteiger partial charge is 0.278 e. The highest BCUT2D eigenvalue weighted by molar-refractivity contribution is 7.94. The molecule has 21 heavy (non-hydrogen) atoms. The van der Waals surface area contributed by atoms with E-state index in [1.165, 1.54) is 12.1 Å². The van der Waals surface area contributed by atoms with Crippen LogP contribution in [0.2, 0.25) is 5.02 Å². The van der Waals surface area contributed by atoms with Crippen LogP contribution < -0.4 is 3.82 Å².